The first-order valence-electron chi connectivity index (χ1n) is 4.06. The zero-order valence-corrected chi connectivity index (χ0v) is 9.57. The molecule has 0 saturated heterocycles. The van der Waals surface area contributed by atoms with E-state index < -0.39 is 0 Å². The molecule has 0 aliphatic rings. The Morgan fingerprint density at radius 2 is 2.33 bits per heavy atom. The van der Waals surface area contributed by atoms with Crippen LogP contribution < -0.4 is 28.5 Å². The Kier molecular flexibility index (Phi) is 6.06. The molecule has 0 amide bonds. The van der Waals surface area contributed by atoms with E-state index in [4.69, 9.17) is 0 Å². The van der Waals surface area contributed by atoms with E-state index in [9.17, 15) is 0 Å². The van der Waals surface area contributed by atoms with Crippen LogP contribution in [0, 0.1) is 0 Å². The average molecular weight is 278 g/mol. The van der Waals surface area contributed by atoms with Crippen LogP contribution in [0.25, 0.3) is 6.20 Å². The first-order valence-corrected chi connectivity index (χ1v) is 4.06. The summed E-state index contributed by atoms with van der Waals surface area (Å²) >= 11 is 0. The fourth-order valence-corrected chi connectivity index (χ4v) is 0.992. The molecule has 0 spiro atoms. The number of imidazole rings is 1. The normalized spacial score (nSPS) is 9.08. The number of hydrogen-bond donors (Lipinski definition) is 0. The summed E-state index contributed by atoms with van der Waals surface area (Å²) in [6, 6.07) is 0. The van der Waals surface area contributed by atoms with Crippen LogP contribution in [0.1, 0.15) is 19.8 Å². The van der Waals surface area contributed by atoms with Crippen molar-refractivity contribution in [3.8, 4) is 0 Å². The van der Waals surface area contributed by atoms with Gasteiger partial charge in [-0.1, -0.05) is 19.9 Å². The van der Waals surface area contributed by atoms with Crippen molar-refractivity contribution >= 4 is 6.20 Å². The molecular formula is C9H15IN2. The van der Waals surface area contributed by atoms with E-state index in [1.54, 1.807) is 6.20 Å². The van der Waals surface area contributed by atoms with Crippen LogP contribution in [0.3, 0.4) is 0 Å². The van der Waals surface area contributed by atoms with E-state index in [1.165, 1.54) is 12.8 Å². The highest BCUT2D eigenvalue weighted by Crippen LogP contribution is 1.92. The van der Waals surface area contributed by atoms with Crippen molar-refractivity contribution in [1.82, 2.24) is 4.57 Å². The SMILES string of the molecule is C=C[n+]1ccn(CCCC)c1.[I-]. The van der Waals surface area contributed by atoms with Gasteiger partial charge in [0.1, 0.15) is 12.4 Å². The first kappa shape index (κ1) is 11.7. The summed E-state index contributed by atoms with van der Waals surface area (Å²) < 4.78 is 4.13. The van der Waals surface area contributed by atoms with Gasteiger partial charge in [-0.25, -0.2) is 9.13 Å². The van der Waals surface area contributed by atoms with Crippen LogP contribution in [0.5, 0.6) is 0 Å². The van der Waals surface area contributed by atoms with Crippen LogP contribution in [-0.4, -0.2) is 4.57 Å². The maximum Gasteiger partial charge on any atom is 0.248 e. The monoisotopic (exact) mass is 278 g/mol. The lowest BCUT2D eigenvalue weighted by Gasteiger charge is -1.90. The van der Waals surface area contributed by atoms with Crippen LogP contribution in [0.2, 0.25) is 0 Å². The molecule has 0 N–H and O–H groups in total. The zero-order valence-electron chi connectivity index (χ0n) is 7.41. The summed E-state index contributed by atoms with van der Waals surface area (Å²) in [6.45, 7) is 6.98. The number of halogens is 1. The fourth-order valence-electron chi connectivity index (χ4n) is 0.992. The van der Waals surface area contributed by atoms with Crippen molar-refractivity contribution in [3.63, 3.8) is 0 Å². The smallest absolute Gasteiger partial charge is 0.248 e. The van der Waals surface area contributed by atoms with E-state index in [-0.39, 0.29) is 24.0 Å². The van der Waals surface area contributed by atoms with Gasteiger partial charge in [0.2, 0.25) is 6.33 Å². The summed E-state index contributed by atoms with van der Waals surface area (Å²) in [5, 5.41) is 0. The minimum atomic E-state index is 0. The first-order chi connectivity index (χ1) is 5.36. The van der Waals surface area contributed by atoms with Gasteiger partial charge in [0.15, 0.2) is 0 Å². The summed E-state index contributed by atoms with van der Waals surface area (Å²) in [6.07, 6.45) is 10.4. The summed E-state index contributed by atoms with van der Waals surface area (Å²) in [4.78, 5) is 0. The Morgan fingerprint density at radius 3 is 2.83 bits per heavy atom. The molecule has 0 unspecified atom stereocenters. The van der Waals surface area contributed by atoms with Crippen molar-refractivity contribution < 1.29 is 28.5 Å². The number of nitrogens with zero attached hydrogens (tertiary/aromatic N) is 2. The quantitative estimate of drug-likeness (QED) is 0.477. The van der Waals surface area contributed by atoms with E-state index in [0.717, 1.165) is 6.54 Å². The molecule has 3 heteroatoms. The van der Waals surface area contributed by atoms with Crippen molar-refractivity contribution in [2.24, 2.45) is 0 Å². The highest BCUT2D eigenvalue weighted by molar-refractivity contribution is 4.94. The van der Waals surface area contributed by atoms with Crippen LogP contribution in [-0.2, 0) is 6.54 Å². The van der Waals surface area contributed by atoms with Gasteiger partial charge in [0, 0.05) is 0 Å². The molecule has 1 aromatic rings. The summed E-state index contributed by atoms with van der Waals surface area (Å²) in [7, 11) is 0. The molecular weight excluding hydrogens is 263 g/mol. The molecule has 0 saturated carbocycles. The molecule has 0 aliphatic heterocycles. The molecule has 68 valence electrons. The lowest BCUT2D eigenvalue weighted by Crippen LogP contribution is -3.00. The van der Waals surface area contributed by atoms with Gasteiger partial charge in [-0.15, -0.1) is 0 Å². The molecule has 0 radical (unpaired) electrons. The van der Waals surface area contributed by atoms with Gasteiger partial charge in [0.25, 0.3) is 0 Å². The molecule has 0 atom stereocenters. The molecule has 2 nitrogen and oxygen atoms in total. The Morgan fingerprint density at radius 1 is 1.58 bits per heavy atom. The topological polar surface area (TPSA) is 8.81 Å². The van der Waals surface area contributed by atoms with Crippen molar-refractivity contribution in [1.29, 1.82) is 0 Å². The Balaban J connectivity index is 0.00000121. The van der Waals surface area contributed by atoms with Crippen molar-refractivity contribution in [2.75, 3.05) is 0 Å². The predicted octanol–water partition coefficient (Wildman–Crippen LogP) is -1.32. The third kappa shape index (κ3) is 3.38. The lowest BCUT2D eigenvalue weighted by molar-refractivity contribution is -0.567. The molecule has 1 aromatic heterocycles. The number of unbranched alkanes of at least 4 members (excludes halogenated alkanes) is 1. The maximum absolute atomic E-state index is 3.67. The average Bonchev–Trinajstić information content (AvgIpc) is 2.48. The number of hydrogen-bond acceptors (Lipinski definition) is 0. The second-order valence-electron chi connectivity index (χ2n) is 2.63. The maximum atomic E-state index is 3.67. The Labute approximate surface area is 90.9 Å². The second kappa shape index (κ2) is 6.22. The van der Waals surface area contributed by atoms with Crippen LogP contribution in [0.4, 0.5) is 0 Å². The number of aryl methyl sites for hydroxylation is 1. The van der Waals surface area contributed by atoms with Gasteiger partial charge in [-0.05, 0) is 6.42 Å². The molecule has 0 aliphatic carbocycles. The highest BCUT2D eigenvalue weighted by Gasteiger charge is 1.97. The van der Waals surface area contributed by atoms with Gasteiger partial charge in [-0.2, -0.15) is 0 Å². The van der Waals surface area contributed by atoms with E-state index in [1.807, 2.05) is 17.1 Å². The molecule has 0 aromatic carbocycles. The lowest BCUT2D eigenvalue weighted by atomic mass is 10.3. The van der Waals surface area contributed by atoms with Crippen LogP contribution in [0.15, 0.2) is 25.3 Å². The summed E-state index contributed by atoms with van der Waals surface area (Å²) in [5.41, 5.74) is 0. The molecule has 1 rings (SSSR count). The number of rotatable bonds is 4. The second-order valence-corrected chi connectivity index (χ2v) is 2.63. The largest absolute Gasteiger partial charge is 1.00 e. The molecule has 0 fully saturated rings. The fraction of sp³-hybridized carbons (Fsp3) is 0.444. The minimum absolute atomic E-state index is 0. The highest BCUT2D eigenvalue weighted by atomic mass is 127. The Hall–Kier alpha value is -0.320. The zero-order chi connectivity index (χ0) is 8.10. The molecule has 1 heterocycles. The Bertz CT molecular complexity index is 230. The van der Waals surface area contributed by atoms with Gasteiger partial charge >= 0.3 is 0 Å². The standard InChI is InChI=1S/C9H15N2.HI/c1-3-5-6-11-8-7-10(4-2)9-11;/h4,7-9H,2-3,5-6H2,1H3;1H/q+1;/p-1. The van der Waals surface area contributed by atoms with Crippen molar-refractivity contribution in [3.05, 3.63) is 25.3 Å². The molecule has 0 bridgehead atoms. The van der Waals surface area contributed by atoms with E-state index in [2.05, 4.69) is 24.3 Å². The van der Waals surface area contributed by atoms with Crippen LogP contribution >= 0.6 is 0 Å². The number of aromatic nitrogens is 2. The van der Waals surface area contributed by atoms with Gasteiger partial charge in [0.05, 0.1) is 12.7 Å². The minimum Gasteiger partial charge on any atom is -1.00 e. The predicted molar refractivity (Wildman–Crippen MR) is 45.9 cm³/mol. The third-order valence-electron chi connectivity index (χ3n) is 1.69. The van der Waals surface area contributed by atoms with Gasteiger partial charge < -0.3 is 24.0 Å². The molecule has 12 heavy (non-hydrogen) atoms. The third-order valence-corrected chi connectivity index (χ3v) is 1.69. The van der Waals surface area contributed by atoms with Gasteiger partial charge in [-0.3, -0.25) is 0 Å². The van der Waals surface area contributed by atoms with Crippen molar-refractivity contribution in [2.45, 2.75) is 26.3 Å². The van der Waals surface area contributed by atoms with E-state index >= 15 is 0 Å². The summed E-state index contributed by atoms with van der Waals surface area (Å²) in [5.74, 6) is 0. The van der Waals surface area contributed by atoms with E-state index in [0.29, 0.717) is 0 Å².